The molecule has 0 unspecified atom stereocenters. The minimum Gasteiger partial charge on any atom is -0.481 e. The summed E-state index contributed by atoms with van der Waals surface area (Å²) < 4.78 is 10.5. The Bertz CT molecular complexity index is 758. The molecule has 3 rings (SSSR count). The van der Waals surface area contributed by atoms with Crippen LogP contribution < -0.4 is 0 Å². The maximum absolute atomic E-state index is 12.6. The Morgan fingerprint density at radius 2 is 1.78 bits per heavy atom. The molecule has 0 atom stereocenters. The van der Waals surface area contributed by atoms with Crippen molar-refractivity contribution in [3.63, 3.8) is 0 Å². The topological polar surface area (TPSA) is 52.6 Å². The molecule has 0 radical (unpaired) electrons. The van der Waals surface area contributed by atoms with Gasteiger partial charge in [0.15, 0.2) is 5.78 Å². The highest BCUT2D eigenvalue weighted by Crippen LogP contribution is 2.22. The predicted molar refractivity (Wildman–Crippen MR) is 84.7 cm³/mol. The maximum Gasteiger partial charge on any atom is 0.374 e. The Balaban J connectivity index is 1.82. The van der Waals surface area contributed by atoms with Gasteiger partial charge >= 0.3 is 5.97 Å². The summed E-state index contributed by atoms with van der Waals surface area (Å²) in [6.07, 6.45) is 0. The second-order valence-corrected chi connectivity index (χ2v) is 5.35. The number of hydrogen-bond acceptors (Lipinski definition) is 4. The van der Waals surface area contributed by atoms with E-state index in [0.29, 0.717) is 5.56 Å². The minimum absolute atomic E-state index is 0.0134. The van der Waals surface area contributed by atoms with E-state index in [9.17, 15) is 9.59 Å². The lowest BCUT2D eigenvalue weighted by Gasteiger charge is -2.07. The first-order valence-corrected chi connectivity index (χ1v) is 7.33. The fourth-order valence-electron chi connectivity index (χ4n) is 2.32. The summed E-state index contributed by atoms with van der Waals surface area (Å²) >= 11 is 0. The minimum atomic E-state index is -0.587. The number of Topliss-reactive ketones (excluding diaryl/α,β-unsaturated/α-hetero) is 1. The molecule has 0 aromatic heterocycles. The molecule has 116 valence electrons. The van der Waals surface area contributed by atoms with Crippen molar-refractivity contribution in [1.82, 2.24) is 0 Å². The number of ether oxygens (including phenoxy) is 2. The number of rotatable bonds is 5. The smallest absolute Gasteiger partial charge is 0.374 e. The van der Waals surface area contributed by atoms with Crippen LogP contribution in [0.3, 0.4) is 0 Å². The molecule has 23 heavy (non-hydrogen) atoms. The number of ketones is 1. The van der Waals surface area contributed by atoms with Crippen molar-refractivity contribution in [2.45, 2.75) is 13.5 Å². The van der Waals surface area contributed by atoms with Crippen LogP contribution in [0, 0.1) is 6.92 Å². The van der Waals surface area contributed by atoms with E-state index in [4.69, 9.17) is 9.47 Å². The fraction of sp³-hybridized carbons (Fsp3) is 0.158. The monoisotopic (exact) mass is 308 g/mol. The number of carbonyl (C=O) groups is 2. The molecule has 0 fully saturated rings. The maximum atomic E-state index is 12.6. The van der Waals surface area contributed by atoms with Crippen molar-refractivity contribution < 1.29 is 19.1 Å². The molecule has 1 heterocycles. The second-order valence-electron chi connectivity index (χ2n) is 5.35. The van der Waals surface area contributed by atoms with Crippen molar-refractivity contribution in [2.24, 2.45) is 0 Å². The highest BCUT2D eigenvalue weighted by Gasteiger charge is 2.31. The number of cyclic esters (lactones) is 1. The van der Waals surface area contributed by atoms with E-state index in [-0.39, 0.29) is 30.3 Å². The average Bonchev–Trinajstić information content (AvgIpc) is 2.95. The Hall–Kier alpha value is -2.88. The summed E-state index contributed by atoms with van der Waals surface area (Å²) in [6, 6.07) is 16.6. The summed E-state index contributed by atoms with van der Waals surface area (Å²) in [6.45, 7) is 2.12. The Morgan fingerprint density at radius 3 is 2.48 bits per heavy atom. The molecule has 0 aliphatic carbocycles. The molecular weight excluding hydrogens is 292 g/mol. The first kappa shape index (κ1) is 15.0. The van der Waals surface area contributed by atoms with Crippen LogP contribution in [0.25, 0.3) is 0 Å². The summed E-state index contributed by atoms with van der Waals surface area (Å²) in [5.41, 5.74) is 2.77. The summed E-state index contributed by atoms with van der Waals surface area (Å²) in [7, 11) is 0. The lowest BCUT2D eigenvalue weighted by atomic mass is 10.0. The SMILES string of the molecule is Cc1ccc(C(=O)C2=C(OCc3ccccc3)C(=O)OC2)cc1. The van der Waals surface area contributed by atoms with E-state index in [2.05, 4.69) is 0 Å². The largest absolute Gasteiger partial charge is 0.481 e. The van der Waals surface area contributed by atoms with Gasteiger partial charge in [0.2, 0.25) is 5.76 Å². The van der Waals surface area contributed by atoms with Crippen LogP contribution in [-0.4, -0.2) is 18.4 Å². The van der Waals surface area contributed by atoms with Gasteiger partial charge in [0.1, 0.15) is 13.2 Å². The van der Waals surface area contributed by atoms with Gasteiger partial charge in [0.05, 0.1) is 5.57 Å². The first-order valence-electron chi connectivity index (χ1n) is 7.33. The zero-order valence-electron chi connectivity index (χ0n) is 12.7. The zero-order chi connectivity index (χ0) is 16.2. The molecule has 0 saturated heterocycles. The molecule has 0 saturated carbocycles. The van der Waals surface area contributed by atoms with Crippen LogP contribution in [0.1, 0.15) is 21.5 Å². The molecule has 0 spiro atoms. The molecule has 2 aromatic carbocycles. The average molecular weight is 308 g/mol. The number of benzene rings is 2. The van der Waals surface area contributed by atoms with Gasteiger partial charge in [-0.25, -0.2) is 4.79 Å². The van der Waals surface area contributed by atoms with Crippen LogP contribution in [0.15, 0.2) is 65.9 Å². The molecule has 1 aliphatic rings. The number of carbonyl (C=O) groups excluding carboxylic acids is 2. The number of hydrogen-bond donors (Lipinski definition) is 0. The highest BCUT2D eigenvalue weighted by atomic mass is 16.6. The quantitative estimate of drug-likeness (QED) is 0.629. The van der Waals surface area contributed by atoms with Crippen LogP contribution in [0.5, 0.6) is 0 Å². The van der Waals surface area contributed by atoms with Gasteiger partial charge in [0, 0.05) is 5.56 Å². The highest BCUT2D eigenvalue weighted by molar-refractivity contribution is 6.14. The third-order valence-corrected chi connectivity index (χ3v) is 3.62. The summed E-state index contributed by atoms with van der Waals surface area (Å²) in [5.74, 6) is -0.810. The molecule has 2 aromatic rings. The van der Waals surface area contributed by atoms with E-state index in [1.54, 1.807) is 12.1 Å². The van der Waals surface area contributed by atoms with Crippen LogP contribution in [0.4, 0.5) is 0 Å². The molecule has 0 bridgehead atoms. The van der Waals surface area contributed by atoms with Gasteiger partial charge in [-0.3, -0.25) is 4.79 Å². The van der Waals surface area contributed by atoms with Crippen LogP contribution >= 0.6 is 0 Å². The van der Waals surface area contributed by atoms with Crippen molar-refractivity contribution >= 4 is 11.8 Å². The summed E-state index contributed by atoms with van der Waals surface area (Å²) in [4.78, 5) is 24.4. The van der Waals surface area contributed by atoms with Crippen LogP contribution in [-0.2, 0) is 20.9 Å². The van der Waals surface area contributed by atoms with Crippen molar-refractivity contribution in [3.8, 4) is 0 Å². The van der Waals surface area contributed by atoms with Gasteiger partial charge in [-0.05, 0) is 12.5 Å². The van der Waals surface area contributed by atoms with E-state index in [0.717, 1.165) is 11.1 Å². The predicted octanol–water partition coefficient (Wildman–Crippen LogP) is 3.21. The lowest BCUT2D eigenvalue weighted by Crippen LogP contribution is -2.09. The Morgan fingerprint density at radius 1 is 1.09 bits per heavy atom. The van der Waals surface area contributed by atoms with Gasteiger partial charge in [0.25, 0.3) is 0 Å². The van der Waals surface area contributed by atoms with E-state index >= 15 is 0 Å². The first-order chi connectivity index (χ1) is 11.1. The molecular formula is C19H16O4. The fourth-order valence-corrected chi connectivity index (χ4v) is 2.32. The summed E-state index contributed by atoms with van der Waals surface area (Å²) in [5, 5.41) is 0. The standard InChI is InChI=1S/C19H16O4/c1-13-7-9-15(10-8-13)17(20)16-12-23-19(21)18(16)22-11-14-5-3-2-4-6-14/h2-10H,11-12H2,1H3. The third-order valence-electron chi connectivity index (χ3n) is 3.62. The molecule has 1 aliphatic heterocycles. The zero-order valence-corrected chi connectivity index (χ0v) is 12.7. The van der Waals surface area contributed by atoms with Crippen molar-refractivity contribution in [1.29, 1.82) is 0 Å². The normalized spacial score (nSPS) is 13.9. The van der Waals surface area contributed by atoms with Gasteiger partial charge in [-0.1, -0.05) is 60.2 Å². The third kappa shape index (κ3) is 3.31. The molecule has 0 N–H and O–H groups in total. The van der Waals surface area contributed by atoms with Gasteiger partial charge in [-0.15, -0.1) is 0 Å². The van der Waals surface area contributed by atoms with Crippen molar-refractivity contribution in [3.05, 3.63) is 82.6 Å². The Kier molecular flexibility index (Phi) is 4.24. The van der Waals surface area contributed by atoms with Crippen LogP contribution in [0.2, 0.25) is 0 Å². The van der Waals surface area contributed by atoms with E-state index in [1.807, 2.05) is 49.4 Å². The van der Waals surface area contributed by atoms with Gasteiger partial charge < -0.3 is 9.47 Å². The Labute approximate surface area is 134 Å². The number of esters is 1. The van der Waals surface area contributed by atoms with Crippen molar-refractivity contribution in [2.75, 3.05) is 6.61 Å². The number of aryl methyl sites for hydroxylation is 1. The molecule has 0 amide bonds. The van der Waals surface area contributed by atoms with E-state index in [1.165, 1.54) is 0 Å². The molecule has 4 nitrogen and oxygen atoms in total. The molecule has 4 heteroatoms. The second kappa shape index (κ2) is 6.48. The lowest BCUT2D eigenvalue weighted by molar-refractivity contribution is -0.139. The van der Waals surface area contributed by atoms with E-state index < -0.39 is 5.97 Å². The van der Waals surface area contributed by atoms with Gasteiger partial charge in [-0.2, -0.15) is 0 Å².